The Bertz CT molecular complexity index is 525. The highest BCUT2D eigenvalue weighted by Crippen LogP contribution is 2.25. The highest BCUT2D eigenvalue weighted by atomic mass is 16.7. The molecule has 0 saturated carbocycles. The molecule has 29 heavy (non-hydrogen) atoms. The molecule has 0 fully saturated rings. The molecule has 0 aliphatic carbocycles. The fraction of sp³-hybridized carbons (Fsp3) is 0.667. The summed E-state index contributed by atoms with van der Waals surface area (Å²) >= 11 is 0. The largest absolute Gasteiger partial charge is 0.497 e. The van der Waals surface area contributed by atoms with Crippen LogP contribution in [0.5, 0.6) is 5.75 Å². The van der Waals surface area contributed by atoms with Crippen molar-refractivity contribution in [2.75, 3.05) is 26.9 Å². The fourth-order valence-electron chi connectivity index (χ4n) is 3.25. The predicted octanol–water partition coefficient (Wildman–Crippen LogP) is 5.38. The Balaban J connectivity index is 2.70. The topological polar surface area (TPSA) is 46.2 Å². The molecular weight excluding hydrogens is 368 g/mol. The van der Waals surface area contributed by atoms with E-state index < -0.39 is 0 Å². The van der Waals surface area contributed by atoms with E-state index in [-0.39, 0.29) is 24.4 Å². The Kier molecular flexibility index (Phi) is 13.7. The van der Waals surface area contributed by atoms with Gasteiger partial charge in [-0.25, -0.2) is 0 Å². The van der Waals surface area contributed by atoms with Gasteiger partial charge in [-0.15, -0.1) is 6.58 Å². The van der Waals surface area contributed by atoms with Gasteiger partial charge in [-0.1, -0.05) is 38.0 Å². The second-order valence-corrected chi connectivity index (χ2v) is 7.04. The zero-order chi connectivity index (χ0) is 21.5. The number of hydrogen-bond donors (Lipinski definition) is 0. The third-order valence-corrected chi connectivity index (χ3v) is 4.95. The average Bonchev–Trinajstić information content (AvgIpc) is 2.74. The minimum atomic E-state index is -0.352. The van der Waals surface area contributed by atoms with Gasteiger partial charge in [0.1, 0.15) is 5.75 Å². The molecule has 0 radical (unpaired) electrons. The molecule has 0 saturated heterocycles. The number of rotatable bonds is 17. The second kappa shape index (κ2) is 15.4. The van der Waals surface area contributed by atoms with Crippen LogP contribution in [0.1, 0.15) is 52.5 Å². The number of methoxy groups -OCH3 is 1. The summed E-state index contributed by atoms with van der Waals surface area (Å²) in [5, 5.41) is 0. The minimum absolute atomic E-state index is 0.0317. The van der Waals surface area contributed by atoms with Crippen molar-refractivity contribution in [1.82, 2.24) is 0 Å². The van der Waals surface area contributed by atoms with Crippen LogP contribution in [0.2, 0.25) is 0 Å². The third-order valence-electron chi connectivity index (χ3n) is 4.95. The molecule has 1 aromatic carbocycles. The molecule has 1 aromatic rings. The first-order valence-corrected chi connectivity index (χ1v) is 10.8. The number of ether oxygens (including phenoxy) is 5. The second-order valence-electron chi connectivity index (χ2n) is 7.04. The molecule has 0 amide bonds. The molecular formula is C24H40O5. The standard InChI is InChI=1S/C24H40O5/c1-7-11-12-22(23(8-2)29-18-24(26-9-3)27-10-4)19(5)28-17-20-13-15-21(25-6)16-14-20/h8,13-16,19,22-24H,2,7,9-12,17-18H2,1,3-6H3/t19-,22+,23+/m0/s1. The molecule has 0 unspecified atom stereocenters. The van der Waals surface area contributed by atoms with Crippen molar-refractivity contribution in [2.24, 2.45) is 5.92 Å². The summed E-state index contributed by atoms with van der Waals surface area (Å²) in [7, 11) is 1.67. The van der Waals surface area contributed by atoms with E-state index in [2.05, 4.69) is 20.4 Å². The molecule has 0 aliphatic rings. The van der Waals surface area contributed by atoms with Crippen LogP contribution in [0.15, 0.2) is 36.9 Å². The van der Waals surface area contributed by atoms with Crippen molar-refractivity contribution in [2.45, 2.75) is 72.1 Å². The van der Waals surface area contributed by atoms with E-state index in [0.29, 0.717) is 26.4 Å². The van der Waals surface area contributed by atoms with Gasteiger partial charge < -0.3 is 23.7 Å². The summed E-state index contributed by atoms with van der Waals surface area (Å²) in [5.41, 5.74) is 1.12. The molecule has 3 atom stereocenters. The fourth-order valence-corrected chi connectivity index (χ4v) is 3.25. The maximum absolute atomic E-state index is 6.21. The van der Waals surface area contributed by atoms with Crippen LogP contribution in [0.25, 0.3) is 0 Å². The van der Waals surface area contributed by atoms with Crippen LogP contribution in [-0.2, 0) is 25.6 Å². The molecule has 1 rings (SSSR count). The van der Waals surface area contributed by atoms with Crippen molar-refractivity contribution in [3.63, 3.8) is 0 Å². The normalized spacial score (nSPS) is 14.6. The SMILES string of the molecule is C=C[C@@H](OCC(OCC)OCC)[C@H](CCCC)[C@H](C)OCc1ccc(OC)cc1. The highest BCUT2D eigenvalue weighted by molar-refractivity contribution is 5.26. The molecule has 0 aromatic heterocycles. The lowest BCUT2D eigenvalue weighted by Gasteiger charge is -2.31. The smallest absolute Gasteiger partial charge is 0.180 e. The minimum Gasteiger partial charge on any atom is -0.497 e. The zero-order valence-corrected chi connectivity index (χ0v) is 18.9. The summed E-state index contributed by atoms with van der Waals surface area (Å²) in [4.78, 5) is 0. The molecule has 5 nitrogen and oxygen atoms in total. The van der Waals surface area contributed by atoms with Crippen molar-refractivity contribution >= 4 is 0 Å². The van der Waals surface area contributed by atoms with E-state index in [4.69, 9.17) is 23.7 Å². The Hall–Kier alpha value is -1.40. The molecule has 0 aliphatic heterocycles. The van der Waals surface area contributed by atoms with Crippen LogP contribution in [0.3, 0.4) is 0 Å². The Morgan fingerprint density at radius 2 is 1.62 bits per heavy atom. The van der Waals surface area contributed by atoms with Crippen LogP contribution in [0, 0.1) is 5.92 Å². The molecule has 0 N–H and O–H groups in total. The molecule has 0 spiro atoms. The Labute approximate surface area is 177 Å². The van der Waals surface area contributed by atoms with Gasteiger partial charge in [-0.05, 0) is 44.9 Å². The van der Waals surface area contributed by atoms with Crippen molar-refractivity contribution in [1.29, 1.82) is 0 Å². The predicted molar refractivity (Wildman–Crippen MR) is 117 cm³/mol. The van der Waals surface area contributed by atoms with E-state index in [1.807, 2.05) is 44.2 Å². The molecule has 0 heterocycles. The van der Waals surface area contributed by atoms with Crippen LogP contribution >= 0.6 is 0 Å². The summed E-state index contributed by atoms with van der Waals surface area (Å²) in [6.45, 7) is 14.3. The van der Waals surface area contributed by atoms with Gasteiger partial charge >= 0.3 is 0 Å². The van der Waals surface area contributed by atoms with Crippen molar-refractivity contribution < 1.29 is 23.7 Å². The van der Waals surface area contributed by atoms with E-state index in [9.17, 15) is 0 Å². The first kappa shape index (κ1) is 25.6. The van der Waals surface area contributed by atoms with E-state index in [1.165, 1.54) is 0 Å². The van der Waals surface area contributed by atoms with E-state index >= 15 is 0 Å². The Morgan fingerprint density at radius 1 is 0.966 bits per heavy atom. The van der Waals surface area contributed by atoms with Gasteiger partial charge in [0.2, 0.25) is 0 Å². The van der Waals surface area contributed by atoms with Crippen LogP contribution in [-0.4, -0.2) is 45.4 Å². The maximum atomic E-state index is 6.21. The van der Waals surface area contributed by atoms with Gasteiger partial charge in [0, 0.05) is 19.1 Å². The van der Waals surface area contributed by atoms with Gasteiger partial charge in [-0.2, -0.15) is 0 Å². The number of benzene rings is 1. The van der Waals surface area contributed by atoms with E-state index in [0.717, 1.165) is 30.6 Å². The van der Waals surface area contributed by atoms with Gasteiger partial charge in [0.25, 0.3) is 0 Å². The third kappa shape index (κ3) is 9.77. The monoisotopic (exact) mass is 408 g/mol. The summed E-state index contributed by atoms with van der Waals surface area (Å²) in [6.07, 6.45) is 4.71. The van der Waals surface area contributed by atoms with Gasteiger partial charge in [0.15, 0.2) is 6.29 Å². The van der Waals surface area contributed by atoms with E-state index in [1.54, 1.807) is 7.11 Å². The molecule has 166 valence electrons. The average molecular weight is 409 g/mol. The summed E-state index contributed by atoms with van der Waals surface area (Å²) in [5.74, 6) is 1.07. The van der Waals surface area contributed by atoms with Crippen molar-refractivity contribution in [3.8, 4) is 5.75 Å². The summed E-state index contributed by atoms with van der Waals surface area (Å²) in [6, 6.07) is 7.97. The summed E-state index contributed by atoms with van der Waals surface area (Å²) < 4.78 is 28.8. The molecule has 5 heteroatoms. The Morgan fingerprint density at radius 3 is 2.14 bits per heavy atom. The first-order valence-electron chi connectivity index (χ1n) is 10.8. The number of unbranched alkanes of at least 4 members (excludes halogenated alkanes) is 1. The van der Waals surface area contributed by atoms with Crippen molar-refractivity contribution in [3.05, 3.63) is 42.5 Å². The highest BCUT2D eigenvalue weighted by Gasteiger charge is 2.27. The zero-order valence-electron chi connectivity index (χ0n) is 18.9. The molecule has 0 bridgehead atoms. The lowest BCUT2D eigenvalue weighted by molar-refractivity contribution is -0.180. The van der Waals surface area contributed by atoms with Gasteiger partial charge in [-0.3, -0.25) is 0 Å². The van der Waals surface area contributed by atoms with Gasteiger partial charge in [0.05, 0.1) is 32.5 Å². The van der Waals surface area contributed by atoms with Crippen LogP contribution in [0.4, 0.5) is 0 Å². The first-order chi connectivity index (χ1) is 14.1. The maximum Gasteiger partial charge on any atom is 0.180 e. The quantitative estimate of drug-likeness (QED) is 0.256. The van der Waals surface area contributed by atoms with Crippen LogP contribution < -0.4 is 4.74 Å². The lowest BCUT2D eigenvalue weighted by Crippen LogP contribution is -2.35. The lowest BCUT2D eigenvalue weighted by atomic mass is 9.90. The number of hydrogen-bond acceptors (Lipinski definition) is 5.